The van der Waals surface area contributed by atoms with Gasteiger partial charge in [-0.1, -0.05) is 29.8 Å². The van der Waals surface area contributed by atoms with Gasteiger partial charge in [0.05, 0.1) is 18.4 Å². The van der Waals surface area contributed by atoms with Gasteiger partial charge in [0.1, 0.15) is 5.75 Å². The minimum atomic E-state index is -2.94. The van der Waals surface area contributed by atoms with Crippen molar-refractivity contribution >= 4 is 38.8 Å². The van der Waals surface area contributed by atoms with Crippen molar-refractivity contribution in [2.75, 3.05) is 37.0 Å². The Labute approximate surface area is 247 Å². The highest BCUT2D eigenvalue weighted by molar-refractivity contribution is 7.99. The maximum Gasteiger partial charge on any atom is 0.262 e. The Morgan fingerprint density at radius 1 is 1.17 bits per heavy atom. The summed E-state index contributed by atoms with van der Waals surface area (Å²) in [7, 11) is -2.94. The van der Waals surface area contributed by atoms with Crippen LogP contribution in [0.2, 0.25) is 5.02 Å². The Morgan fingerprint density at radius 2 is 2.02 bits per heavy atom. The highest BCUT2D eigenvalue weighted by Crippen LogP contribution is 2.46. The number of anilines is 1. The van der Waals surface area contributed by atoms with Crippen LogP contribution >= 0.6 is 11.6 Å². The maximum atomic E-state index is 13.3. The van der Waals surface area contributed by atoms with Gasteiger partial charge in [0.2, 0.25) is 0 Å². The van der Waals surface area contributed by atoms with Crippen LogP contribution in [0.1, 0.15) is 53.6 Å². The molecule has 0 aromatic heterocycles. The minimum Gasteiger partial charge on any atom is -0.490 e. The van der Waals surface area contributed by atoms with Gasteiger partial charge in [0.15, 0.2) is 0 Å². The summed E-state index contributed by atoms with van der Waals surface area (Å²) < 4.78 is 22.4. The summed E-state index contributed by atoms with van der Waals surface area (Å²) in [4.78, 5) is 15.7. The maximum absolute atomic E-state index is 13.3. The zero-order valence-corrected chi connectivity index (χ0v) is 24.8. The van der Waals surface area contributed by atoms with E-state index in [1.165, 1.54) is 11.1 Å². The predicted octanol–water partition coefficient (Wildman–Crippen LogP) is 4.13. The van der Waals surface area contributed by atoms with Gasteiger partial charge in [0.25, 0.3) is 5.91 Å². The van der Waals surface area contributed by atoms with Gasteiger partial charge in [-0.2, -0.15) is 0 Å². The van der Waals surface area contributed by atoms with Crippen LogP contribution < -0.4 is 14.4 Å². The van der Waals surface area contributed by atoms with Gasteiger partial charge >= 0.3 is 0 Å². The van der Waals surface area contributed by atoms with E-state index in [1.807, 2.05) is 24.3 Å². The van der Waals surface area contributed by atoms with Gasteiger partial charge in [-0.25, -0.2) is 4.21 Å². The number of rotatable bonds is 1. The number of ether oxygens (including phenoxy) is 1. The molecule has 2 heterocycles. The van der Waals surface area contributed by atoms with Crippen LogP contribution in [0.25, 0.3) is 0 Å². The molecule has 4 aliphatic rings. The van der Waals surface area contributed by atoms with Gasteiger partial charge in [0, 0.05) is 57.1 Å². The monoisotopic (exact) mass is 598 g/mol. The molecule has 7 nitrogen and oxygen atoms in total. The Morgan fingerprint density at radius 3 is 2.80 bits per heavy atom. The Kier molecular flexibility index (Phi) is 7.87. The first-order valence-electron chi connectivity index (χ1n) is 14.6. The van der Waals surface area contributed by atoms with Crippen LogP contribution in [-0.2, 0) is 21.5 Å². The number of aliphatic hydroxyl groups is 2. The van der Waals surface area contributed by atoms with Crippen LogP contribution in [0, 0.1) is 17.8 Å². The lowest BCUT2D eigenvalue weighted by atomic mass is 9.68. The summed E-state index contributed by atoms with van der Waals surface area (Å²) in [5, 5.41) is 21.8. The van der Waals surface area contributed by atoms with Crippen LogP contribution in [0.4, 0.5) is 5.69 Å². The van der Waals surface area contributed by atoms with E-state index < -0.39 is 21.7 Å². The second-order valence-electron chi connectivity index (χ2n) is 12.3. The van der Waals surface area contributed by atoms with E-state index in [9.17, 15) is 19.2 Å². The Balaban J connectivity index is 1.41. The second kappa shape index (κ2) is 11.3. The molecule has 1 spiro atoms. The molecule has 0 radical (unpaired) electrons. The fraction of sp³-hybridized carbons (Fsp3) is 0.500. The summed E-state index contributed by atoms with van der Waals surface area (Å²) in [5.41, 5.74) is 3.53. The third-order valence-corrected chi connectivity index (χ3v) is 11.3. The molecule has 220 valence electrons. The number of carbonyl (C=O) groups excluding carboxylic acids is 1. The van der Waals surface area contributed by atoms with Crippen LogP contribution in [0.3, 0.4) is 0 Å². The number of benzene rings is 2. The number of halogens is 1. The Hall–Kier alpha value is -2.52. The number of aliphatic hydroxyl groups excluding tert-OH is 2. The summed E-state index contributed by atoms with van der Waals surface area (Å²) in [6, 6.07) is 11.6. The number of hydrogen-bond acceptors (Lipinski definition) is 6. The van der Waals surface area contributed by atoms with Crippen molar-refractivity contribution in [3.63, 3.8) is 0 Å². The van der Waals surface area contributed by atoms with Crippen LogP contribution in [0.15, 0.2) is 48.6 Å². The molecule has 6 atom stereocenters. The number of nitrogens with zero attached hydrogens (tertiary/aromatic N) is 1. The molecular weight excluding hydrogens is 560 g/mol. The van der Waals surface area contributed by atoms with E-state index in [1.54, 1.807) is 12.1 Å². The number of aryl methyl sites for hydroxylation is 1. The zero-order chi connectivity index (χ0) is 28.8. The van der Waals surface area contributed by atoms with Crippen LogP contribution in [0.5, 0.6) is 5.75 Å². The number of carbonyl (C=O) groups is 1. The van der Waals surface area contributed by atoms with E-state index in [0.717, 1.165) is 55.1 Å². The number of hydrogen-bond donors (Lipinski definition) is 3. The van der Waals surface area contributed by atoms with Gasteiger partial charge in [-0.15, -0.1) is 0 Å². The molecule has 0 saturated heterocycles. The molecule has 41 heavy (non-hydrogen) atoms. The lowest BCUT2D eigenvalue weighted by Gasteiger charge is -2.45. The average Bonchev–Trinajstić information content (AvgIpc) is 3.07. The fourth-order valence-electron chi connectivity index (χ4n) is 7.09. The normalized spacial score (nSPS) is 34.3. The van der Waals surface area contributed by atoms with Crippen molar-refractivity contribution in [3.05, 3.63) is 70.3 Å². The number of amides is 1. The third kappa shape index (κ3) is 5.76. The quantitative estimate of drug-likeness (QED) is 0.337. The molecule has 1 fully saturated rings. The molecule has 9 heteroatoms. The highest BCUT2D eigenvalue weighted by Gasteiger charge is 2.44. The summed E-state index contributed by atoms with van der Waals surface area (Å²) >= 11 is 6.38. The molecule has 2 bridgehead atoms. The molecule has 1 saturated carbocycles. The SMILES string of the molecule is C=S1(=O)CC[C@H](CO)/C=C/[C@H](O)[C@@H]2CC[C@H]2CN2C[C@@]3(CCCc4cc(Cl)ccc43)COc3ccc(cc32)C(=O)N1. The van der Waals surface area contributed by atoms with E-state index >= 15 is 0 Å². The first-order chi connectivity index (χ1) is 19.7. The number of fused-ring (bicyclic) bond motifs is 4. The smallest absolute Gasteiger partial charge is 0.262 e. The minimum absolute atomic E-state index is 0.100. The summed E-state index contributed by atoms with van der Waals surface area (Å²) in [6.45, 7) is 1.82. The molecule has 2 aliphatic heterocycles. The van der Waals surface area contributed by atoms with Crippen molar-refractivity contribution in [2.45, 2.75) is 50.0 Å². The average molecular weight is 599 g/mol. The fourth-order valence-corrected chi connectivity index (χ4v) is 8.53. The first kappa shape index (κ1) is 28.6. The predicted molar refractivity (Wildman–Crippen MR) is 164 cm³/mol. The standard InChI is InChI=1S/C32H39ClN2O5S/c1-41(39)14-12-21(18-36)4-10-29(37)26-8-5-24(26)17-35-19-32(13-2-3-22-15-25(33)7-9-27(22)32)20-40-30-11-6-23(16-28(30)35)31(38)34-41/h4,6-7,9-11,15-16,21,24,26,29,36-37H,1-3,5,8,12-14,17-20H2,(H,34,38,39)/b10-4+/t21-,24+,26-,29+,32+,41?/m1/s1. The van der Waals surface area contributed by atoms with E-state index in [2.05, 4.69) is 27.6 Å². The second-order valence-corrected chi connectivity index (χ2v) is 15.0. The lowest BCUT2D eigenvalue weighted by molar-refractivity contribution is 0.0453. The molecule has 6 rings (SSSR count). The molecule has 3 N–H and O–H groups in total. The van der Waals surface area contributed by atoms with Crippen molar-refractivity contribution < 1.29 is 24.0 Å². The molecule has 2 aromatic carbocycles. The molecule has 1 amide bonds. The molecule has 2 aromatic rings. The molecule has 1 unspecified atom stereocenters. The first-order valence-corrected chi connectivity index (χ1v) is 16.9. The van der Waals surface area contributed by atoms with Crippen molar-refractivity contribution in [2.24, 2.45) is 17.8 Å². The van der Waals surface area contributed by atoms with Crippen molar-refractivity contribution in [1.29, 1.82) is 0 Å². The van der Waals surface area contributed by atoms with E-state index in [-0.39, 0.29) is 35.5 Å². The zero-order valence-electron chi connectivity index (χ0n) is 23.3. The van der Waals surface area contributed by atoms with Crippen molar-refractivity contribution in [3.8, 4) is 5.75 Å². The van der Waals surface area contributed by atoms with Crippen molar-refractivity contribution in [1.82, 2.24) is 4.72 Å². The highest BCUT2D eigenvalue weighted by atomic mass is 35.5. The van der Waals surface area contributed by atoms with Gasteiger partial charge in [-0.05, 0) is 97.7 Å². The topological polar surface area (TPSA) is 99.1 Å². The number of nitrogens with one attached hydrogen (secondary N) is 1. The largest absolute Gasteiger partial charge is 0.490 e. The molecule has 2 aliphatic carbocycles. The third-order valence-electron chi connectivity index (χ3n) is 9.58. The lowest BCUT2D eigenvalue weighted by Crippen LogP contribution is -2.49. The molecular formula is C32H39ClN2O5S. The van der Waals surface area contributed by atoms with E-state index in [0.29, 0.717) is 25.1 Å². The van der Waals surface area contributed by atoms with Crippen LogP contribution in [-0.4, -0.2) is 64.4 Å². The summed E-state index contributed by atoms with van der Waals surface area (Å²) in [5.74, 6) is 4.29. The van der Waals surface area contributed by atoms with E-state index in [4.69, 9.17) is 16.3 Å². The van der Waals surface area contributed by atoms with Gasteiger partial charge < -0.3 is 19.8 Å². The Bertz CT molecular complexity index is 1460. The summed E-state index contributed by atoms with van der Waals surface area (Å²) in [6.07, 6.45) is 8.30. The van der Waals surface area contributed by atoms with Gasteiger partial charge in [-0.3, -0.25) is 9.52 Å².